The lowest BCUT2D eigenvalue weighted by molar-refractivity contribution is 0.0892. The van der Waals surface area contributed by atoms with Gasteiger partial charge in [0.1, 0.15) is 5.75 Å². The number of nitrogens with one attached hydrogen (secondary N) is 2. The van der Waals surface area contributed by atoms with Gasteiger partial charge in [-0.25, -0.2) is 0 Å². The fraction of sp³-hybridized carbons (Fsp3) is 0.412. The average Bonchev–Trinajstić information content (AvgIpc) is 3.08. The number of methoxy groups -OCH3 is 1. The minimum atomic E-state index is -0.301. The summed E-state index contributed by atoms with van der Waals surface area (Å²) in [6.45, 7) is 3.89. The summed E-state index contributed by atoms with van der Waals surface area (Å²) in [4.78, 5) is 12.6. The lowest BCUT2D eigenvalue weighted by atomic mass is 9.99. The normalized spacial score (nSPS) is 13.4. The van der Waals surface area contributed by atoms with Crippen molar-refractivity contribution in [3.8, 4) is 17.0 Å². The van der Waals surface area contributed by atoms with Gasteiger partial charge >= 0.3 is 0 Å². The number of benzene rings is 1. The third kappa shape index (κ3) is 3.88. The van der Waals surface area contributed by atoms with Crippen molar-refractivity contribution in [1.82, 2.24) is 15.5 Å². The number of amides is 1. The lowest BCUT2D eigenvalue weighted by Crippen LogP contribution is -2.41. The number of ether oxygens (including phenoxy) is 1. The van der Waals surface area contributed by atoms with Crippen LogP contribution in [0.5, 0.6) is 5.75 Å². The van der Waals surface area contributed by atoms with Crippen LogP contribution in [-0.2, 0) is 0 Å². The molecular formula is C17H22ClN3O3. The van der Waals surface area contributed by atoms with Crippen molar-refractivity contribution >= 4 is 17.5 Å². The molecule has 0 aliphatic heterocycles. The first-order valence-electron chi connectivity index (χ1n) is 7.80. The Labute approximate surface area is 146 Å². The molecule has 0 radical (unpaired) electrons. The van der Waals surface area contributed by atoms with E-state index in [0.29, 0.717) is 22.0 Å². The predicted molar refractivity (Wildman–Crippen MR) is 93.4 cm³/mol. The van der Waals surface area contributed by atoms with E-state index in [1.165, 1.54) is 6.20 Å². The zero-order chi connectivity index (χ0) is 17.7. The first-order chi connectivity index (χ1) is 11.5. The third-order valence-corrected chi connectivity index (χ3v) is 4.46. The summed E-state index contributed by atoms with van der Waals surface area (Å²) in [6.07, 6.45) is 2.33. The number of aromatic amines is 1. The van der Waals surface area contributed by atoms with Gasteiger partial charge in [0.05, 0.1) is 42.2 Å². The number of hydrogen-bond donors (Lipinski definition) is 3. The van der Waals surface area contributed by atoms with Gasteiger partial charge in [-0.3, -0.25) is 9.89 Å². The highest BCUT2D eigenvalue weighted by Crippen LogP contribution is 2.30. The first-order valence-corrected chi connectivity index (χ1v) is 8.18. The summed E-state index contributed by atoms with van der Waals surface area (Å²) in [7, 11) is 1.54. The van der Waals surface area contributed by atoms with Gasteiger partial charge in [0.25, 0.3) is 5.91 Å². The standard InChI is InChI=1S/C17H22ClN3O3/c1-4-10(2)14(9-22)20-17(23)12-8-19-21-16(12)11-5-6-15(24-3)13(18)7-11/h5-8,10,14,22H,4,9H2,1-3H3,(H,19,21)(H,20,23). The molecule has 2 atom stereocenters. The molecule has 0 saturated carbocycles. The second kappa shape index (κ2) is 8.17. The molecule has 2 rings (SSSR count). The zero-order valence-corrected chi connectivity index (χ0v) is 14.7. The molecular weight excluding hydrogens is 330 g/mol. The Hall–Kier alpha value is -2.05. The molecule has 6 nitrogen and oxygen atoms in total. The van der Waals surface area contributed by atoms with E-state index in [-0.39, 0.29) is 24.5 Å². The Morgan fingerprint density at radius 2 is 2.25 bits per heavy atom. The molecule has 3 N–H and O–H groups in total. The molecule has 0 fully saturated rings. The summed E-state index contributed by atoms with van der Waals surface area (Å²) >= 11 is 6.15. The number of aromatic nitrogens is 2. The van der Waals surface area contributed by atoms with Gasteiger partial charge in [0, 0.05) is 5.56 Å². The van der Waals surface area contributed by atoms with Crippen LogP contribution in [-0.4, -0.2) is 41.0 Å². The summed E-state index contributed by atoms with van der Waals surface area (Å²) in [5, 5.41) is 19.6. The van der Waals surface area contributed by atoms with Crippen molar-refractivity contribution in [3.05, 3.63) is 35.0 Å². The highest BCUT2D eigenvalue weighted by atomic mass is 35.5. The van der Waals surface area contributed by atoms with Crippen LogP contribution in [0.15, 0.2) is 24.4 Å². The summed E-state index contributed by atoms with van der Waals surface area (Å²) in [6, 6.07) is 4.94. The van der Waals surface area contributed by atoms with Gasteiger partial charge in [-0.2, -0.15) is 5.10 Å². The second-order valence-electron chi connectivity index (χ2n) is 5.66. The number of H-pyrrole nitrogens is 1. The van der Waals surface area contributed by atoms with Crippen molar-refractivity contribution in [3.63, 3.8) is 0 Å². The molecule has 0 spiro atoms. The molecule has 0 saturated heterocycles. The largest absolute Gasteiger partial charge is 0.495 e. The molecule has 0 aliphatic rings. The quantitative estimate of drug-likeness (QED) is 0.715. The van der Waals surface area contributed by atoms with Crippen LogP contribution in [0.2, 0.25) is 5.02 Å². The van der Waals surface area contributed by atoms with Crippen molar-refractivity contribution in [1.29, 1.82) is 0 Å². The van der Waals surface area contributed by atoms with Crippen molar-refractivity contribution in [2.75, 3.05) is 13.7 Å². The second-order valence-corrected chi connectivity index (χ2v) is 6.06. The minimum Gasteiger partial charge on any atom is -0.495 e. The molecule has 2 aromatic rings. The van der Waals surface area contributed by atoms with Gasteiger partial charge in [-0.05, 0) is 24.1 Å². The van der Waals surface area contributed by atoms with E-state index in [0.717, 1.165) is 12.0 Å². The Morgan fingerprint density at radius 1 is 1.50 bits per heavy atom. The van der Waals surface area contributed by atoms with Crippen LogP contribution in [0, 0.1) is 5.92 Å². The van der Waals surface area contributed by atoms with E-state index < -0.39 is 0 Å². The van der Waals surface area contributed by atoms with Crippen LogP contribution in [0.3, 0.4) is 0 Å². The van der Waals surface area contributed by atoms with Crippen LogP contribution in [0.25, 0.3) is 11.3 Å². The Kier molecular flexibility index (Phi) is 6.23. The van der Waals surface area contributed by atoms with E-state index in [9.17, 15) is 9.90 Å². The van der Waals surface area contributed by atoms with Crippen molar-refractivity contribution < 1.29 is 14.6 Å². The van der Waals surface area contributed by atoms with Crippen LogP contribution >= 0.6 is 11.6 Å². The molecule has 24 heavy (non-hydrogen) atoms. The smallest absolute Gasteiger partial charge is 0.255 e. The third-order valence-electron chi connectivity index (χ3n) is 4.17. The van der Waals surface area contributed by atoms with E-state index in [2.05, 4.69) is 15.5 Å². The SMILES string of the molecule is CCC(C)C(CO)NC(=O)c1cn[nH]c1-c1ccc(OC)c(Cl)c1. The average molecular weight is 352 g/mol. The minimum absolute atomic E-state index is 0.109. The summed E-state index contributed by atoms with van der Waals surface area (Å²) < 4.78 is 5.14. The fourth-order valence-corrected chi connectivity index (χ4v) is 2.66. The van der Waals surface area contributed by atoms with E-state index in [1.54, 1.807) is 25.3 Å². The highest BCUT2D eigenvalue weighted by Gasteiger charge is 2.22. The molecule has 0 bridgehead atoms. The van der Waals surface area contributed by atoms with E-state index >= 15 is 0 Å². The maximum atomic E-state index is 12.6. The zero-order valence-electron chi connectivity index (χ0n) is 14.0. The van der Waals surface area contributed by atoms with Crippen molar-refractivity contribution in [2.24, 2.45) is 5.92 Å². The van der Waals surface area contributed by atoms with Gasteiger partial charge in [-0.15, -0.1) is 0 Å². The molecule has 1 aromatic carbocycles. The number of aliphatic hydroxyl groups is 1. The van der Waals surface area contributed by atoms with E-state index in [1.807, 2.05) is 13.8 Å². The van der Waals surface area contributed by atoms with Gasteiger partial charge in [0.2, 0.25) is 0 Å². The van der Waals surface area contributed by atoms with Crippen LogP contribution in [0.1, 0.15) is 30.6 Å². The molecule has 1 aromatic heterocycles. The number of carbonyl (C=O) groups excluding carboxylic acids is 1. The topological polar surface area (TPSA) is 87.2 Å². The molecule has 130 valence electrons. The Balaban J connectivity index is 2.26. The number of hydrogen-bond acceptors (Lipinski definition) is 4. The van der Waals surface area contributed by atoms with Crippen LogP contribution < -0.4 is 10.1 Å². The number of aliphatic hydroxyl groups excluding tert-OH is 1. The van der Waals surface area contributed by atoms with Gasteiger partial charge in [0.15, 0.2) is 0 Å². The van der Waals surface area contributed by atoms with E-state index in [4.69, 9.17) is 16.3 Å². The van der Waals surface area contributed by atoms with Crippen LogP contribution in [0.4, 0.5) is 0 Å². The lowest BCUT2D eigenvalue weighted by Gasteiger charge is -2.22. The first kappa shape index (κ1) is 18.3. The highest BCUT2D eigenvalue weighted by molar-refractivity contribution is 6.32. The number of rotatable bonds is 7. The molecule has 0 aliphatic carbocycles. The predicted octanol–water partition coefficient (Wildman–Crippen LogP) is 2.88. The maximum Gasteiger partial charge on any atom is 0.255 e. The fourth-order valence-electron chi connectivity index (χ4n) is 2.40. The summed E-state index contributed by atoms with van der Waals surface area (Å²) in [5.41, 5.74) is 1.70. The molecule has 1 amide bonds. The Morgan fingerprint density at radius 3 is 2.83 bits per heavy atom. The van der Waals surface area contributed by atoms with Crippen molar-refractivity contribution in [2.45, 2.75) is 26.3 Å². The maximum absolute atomic E-state index is 12.6. The summed E-state index contributed by atoms with van der Waals surface area (Å²) in [5.74, 6) is 0.442. The molecule has 2 unspecified atom stereocenters. The van der Waals surface area contributed by atoms with Gasteiger partial charge in [-0.1, -0.05) is 31.9 Å². The number of nitrogens with zero attached hydrogens (tertiary/aromatic N) is 1. The molecule has 1 heterocycles. The number of carbonyl (C=O) groups is 1. The Bertz CT molecular complexity index is 702. The molecule has 7 heteroatoms. The number of halogens is 1. The monoisotopic (exact) mass is 351 g/mol. The van der Waals surface area contributed by atoms with Gasteiger partial charge < -0.3 is 15.2 Å².